The SMILES string of the molecule is CCN(CC(=O)c1cccn1C)CC(C)C#N. The standard InChI is InChI=1S/C13H19N3O/c1-4-16(9-11(2)8-14)10-13(17)12-6-5-7-15(12)3/h5-7,11H,4,9-10H2,1-3H3. The second kappa shape index (κ2) is 6.21. The summed E-state index contributed by atoms with van der Waals surface area (Å²) in [5.41, 5.74) is 0.716. The molecule has 0 spiro atoms. The normalized spacial score (nSPS) is 12.4. The lowest BCUT2D eigenvalue weighted by atomic mass is 10.2. The Hall–Kier alpha value is -1.60. The van der Waals surface area contributed by atoms with Gasteiger partial charge in [-0.05, 0) is 25.6 Å². The van der Waals surface area contributed by atoms with Crippen molar-refractivity contribution in [2.24, 2.45) is 13.0 Å². The van der Waals surface area contributed by atoms with Crippen molar-refractivity contribution in [1.82, 2.24) is 9.47 Å². The molecule has 1 atom stereocenters. The summed E-state index contributed by atoms with van der Waals surface area (Å²) < 4.78 is 1.82. The highest BCUT2D eigenvalue weighted by molar-refractivity contribution is 5.96. The lowest BCUT2D eigenvalue weighted by molar-refractivity contribution is 0.0921. The van der Waals surface area contributed by atoms with E-state index >= 15 is 0 Å². The average molecular weight is 233 g/mol. The van der Waals surface area contributed by atoms with E-state index in [2.05, 4.69) is 6.07 Å². The first-order valence-electron chi connectivity index (χ1n) is 5.85. The van der Waals surface area contributed by atoms with Crippen LogP contribution in [0.1, 0.15) is 24.3 Å². The molecule has 0 amide bonds. The maximum atomic E-state index is 12.0. The van der Waals surface area contributed by atoms with Crippen molar-refractivity contribution in [2.75, 3.05) is 19.6 Å². The third-order valence-electron chi connectivity index (χ3n) is 2.80. The molecule has 92 valence electrons. The second-order valence-electron chi connectivity index (χ2n) is 4.29. The van der Waals surface area contributed by atoms with Gasteiger partial charge in [-0.2, -0.15) is 5.26 Å². The highest BCUT2D eigenvalue weighted by Crippen LogP contribution is 2.04. The van der Waals surface area contributed by atoms with Gasteiger partial charge in [0.15, 0.2) is 5.78 Å². The summed E-state index contributed by atoms with van der Waals surface area (Å²) in [6.45, 7) is 5.67. The number of ketones is 1. The zero-order valence-corrected chi connectivity index (χ0v) is 10.7. The zero-order chi connectivity index (χ0) is 12.8. The van der Waals surface area contributed by atoms with E-state index in [1.807, 2.05) is 48.7 Å². The van der Waals surface area contributed by atoms with Gasteiger partial charge in [0, 0.05) is 19.8 Å². The molecule has 0 radical (unpaired) electrons. The molecule has 1 aromatic heterocycles. The van der Waals surface area contributed by atoms with Crippen molar-refractivity contribution in [3.8, 4) is 6.07 Å². The summed E-state index contributed by atoms with van der Waals surface area (Å²) >= 11 is 0. The summed E-state index contributed by atoms with van der Waals surface area (Å²) in [6, 6.07) is 5.88. The minimum absolute atomic E-state index is 0.0452. The van der Waals surface area contributed by atoms with Crippen LogP contribution >= 0.6 is 0 Å². The summed E-state index contributed by atoms with van der Waals surface area (Å²) in [7, 11) is 1.86. The van der Waals surface area contributed by atoms with Gasteiger partial charge in [0.2, 0.25) is 0 Å². The Morgan fingerprint density at radius 2 is 2.35 bits per heavy atom. The molecule has 1 heterocycles. The molecule has 1 aromatic rings. The summed E-state index contributed by atoms with van der Waals surface area (Å²) in [5.74, 6) is 0.0562. The lowest BCUT2D eigenvalue weighted by Gasteiger charge is -2.20. The predicted octanol–water partition coefficient (Wildman–Crippen LogP) is 1.69. The fraction of sp³-hybridized carbons (Fsp3) is 0.538. The number of aryl methyl sites for hydroxylation is 1. The second-order valence-corrected chi connectivity index (χ2v) is 4.29. The van der Waals surface area contributed by atoms with Crippen molar-refractivity contribution >= 4 is 5.78 Å². The fourth-order valence-corrected chi connectivity index (χ4v) is 1.77. The van der Waals surface area contributed by atoms with Gasteiger partial charge in [-0.15, -0.1) is 0 Å². The van der Waals surface area contributed by atoms with Crippen LogP contribution in [-0.2, 0) is 7.05 Å². The van der Waals surface area contributed by atoms with Gasteiger partial charge >= 0.3 is 0 Å². The molecule has 0 N–H and O–H groups in total. The molecule has 0 saturated heterocycles. The van der Waals surface area contributed by atoms with E-state index in [9.17, 15) is 4.79 Å². The number of hydrogen-bond acceptors (Lipinski definition) is 3. The van der Waals surface area contributed by atoms with Gasteiger partial charge in [0.1, 0.15) is 0 Å². The summed E-state index contributed by atoms with van der Waals surface area (Å²) in [4.78, 5) is 14.0. The van der Waals surface area contributed by atoms with E-state index in [1.54, 1.807) is 0 Å². The molecule has 1 unspecified atom stereocenters. The van der Waals surface area contributed by atoms with Gasteiger partial charge in [-0.1, -0.05) is 6.92 Å². The molecule has 17 heavy (non-hydrogen) atoms. The number of carbonyl (C=O) groups is 1. The van der Waals surface area contributed by atoms with Crippen molar-refractivity contribution in [2.45, 2.75) is 13.8 Å². The van der Waals surface area contributed by atoms with E-state index in [-0.39, 0.29) is 11.7 Å². The topological polar surface area (TPSA) is 49.0 Å². The largest absolute Gasteiger partial charge is 0.348 e. The van der Waals surface area contributed by atoms with Crippen molar-refractivity contribution in [1.29, 1.82) is 5.26 Å². The molecule has 0 fully saturated rings. The molecule has 0 aliphatic carbocycles. The zero-order valence-electron chi connectivity index (χ0n) is 10.7. The van der Waals surface area contributed by atoms with E-state index < -0.39 is 0 Å². The molecule has 0 aliphatic heterocycles. The van der Waals surface area contributed by atoms with Gasteiger partial charge in [-0.25, -0.2) is 0 Å². The van der Waals surface area contributed by atoms with Crippen molar-refractivity contribution < 1.29 is 4.79 Å². The Morgan fingerprint density at radius 1 is 1.65 bits per heavy atom. The minimum Gasteiger partial charge on any atom is -0.348 e. The van der Waals surface area contributed by atoms with Crippen LogP contribution < -0.4 is 0 Å². The Morgan fingerprint density at radius 3 is 2.82 bits per heavy atom. The highest BCUT2D eigenvalue weighted by atomic mass is 16.1. The number of nitriles is 1. The van der Waals surface area contributed by atoms with Crippen LogP contribution in [-0.4, -0.2) is 34.9 Å². The molecule has 4 heteroatoms. The van der Waals surface area contributed by atoms with E-state index in [1.165, 1.54) is 0 Å². The molecule has 0 aromatic carbocycles. The van der Waals surface area contributed by atoms with Crippen LogP contribution in [0.25, 0.3) is 0 Å². The van der Waals surface area contributed by atoms with Gasteiger partial charge < -0.3 is 4.57 Å². The fourth-order valence-electron chi connectivity index (χ4n) is 1.77. The Labute approximate surface area is 102 Å². The molecule has 1 rings (SSSR count). The van der Waals surface area contributed by atoms with E-state index in [0.717, 1.165) is 6.54 Å². The maximum Gasteiger partial charge on any atom is 0.193 e. The maximum absolute atomic E-state index is 12.0. The minimum atomic E-state index is -0.0452. The van der Waals surface area contributed by atoms with Crippen LogP contribution in [0.15, 0.2) is 18.3 Å². The number of Topliss-reactive ketones (excluding diaryl/α,β-unsaturated/α-hetero) is 1. The van der Waals surface area contributed by atoms with Crippen molar-refractivity contribution in [3.63, 3.8) is 0 Å². The molecule has 4 nitrogen and oxygen atoms in total. The molecule has 0 aliphatic rings. The average Bonchev–Trinajstić information content (AvgIpc) is 2.74. The number of rotatable bonds is 6. The first-order valence-corrected chi connectivity index (χ1v) is 5.85. The van der Waals surface area contributed by atoms with Crippen LogP contribution in [0.3, 0.4) is 0 Å². The number of likely N-dealkylation sites (N-methyl/N-ethyl adjacent to an activating group) is 1. The van der Waals surface area contributed by atoms with Crippen molar-refractivity contribution in [3.05, 3.63) is 24.0 Å². The predicted molar refractivity (Wildman–Crippen MR) is 66.6 cm³/mol. The number of hydrogen-bond donors (Lipinski definition) is 0. The van der Waals surface area contributed by atoms with Gasteiger partial charge in [-0.3, -0.25) is 9.69 Å². The number of aromatic nitrogens is 1. The Balaban J connectivity index is 2.61. The summed E-state index contributed by atoms with van der Waals surface area (Å²) in [6.07, 6.45) is 1.86. The molecule has 0 saturated carbocycles. The molecule has 0 bridgehead atoms. The number of carbonyl (C=O) groups excluding carboxylic acids is 1. The first kappa shape index (κ1) is 13.5. The van der Waals surface area contributed by atoms with Crippen LogP contribution in [0.5, 0.6) is 0 Å². The monoisotopic (exact) mass is 233 g/mol. The summed E-state index contributed by atoms with van der Waals surface area (Å²) in [5, 5.41) is 8.78. The van der Waals surface area contributed by atoms with Crippen LogP contribution in [0, 0.1) is 17.2 Å². The molecular formula is C13H19N3O. The van der Waals surface area contributed by atoms with E-state index in [0.29, 0.717) is 18.8 Å². The van der Waals surface area contributed by atoms with Crippen LogP contribution in [0.2, 0.25) is 0 Å². The smallest absolute Gasteiger partial charge is 0.193 e. The van der Waals surface area contributed by atoms with Gasteiger partial charge in [0.05, 0.1) is 24.2 Å². The third kappa shape index (κ3) is 3.72. The quantitative estimate of drug-likeness (QED) is 0.702. The number of nitrogens with zero attached hydrogens (tertiary/aromatic N) is 3. The van der Waals surface area contributed by atoms with Gasteiger partial charge in [0.25, 0.3) is 0 Å². The first-order chi connectivity index (χ1) is 8.08. The third-order valence-corrected chi connectivity index (χ3v) is 2.80. The highest BCUT2D eigenvalue weighted by Gasteiger charge is 2.15. The Kier molecular flexibility index (Phi) is 4.92. The van der Waals surface area contributed by atoms with E-state index in [4.69, 9.17) is 5.26 Å². The van der Waals surface area contributed by atoms with Crippen LogP contribution in [0.4, 0.5) is 0 Å². The Bertz CT molecular complexity index is 417. The lowest BCUT2D eigenvalue weighted by Crippen LogP contribution is -2.33. The molecular weight excluding hydrogens is 214 g/mol.